The predicted molar refractivity (Wildman–Crippen MR) is 78.2 cm³/mol. The SMILES string of the molecule is CCCC(CNC(C)(C)C)Oc1ccc(F)cc1C. The first-order valence-electron chi connectivity index (χ1n) is 6.99. The van der Waals surface area contributed by atoms with Gasteiger partial charge in [0.15, 0.2) is 0 Å². The van der Waals surface area contributed by atoms with E-state index in [0.29, 0.717) is 0 Å². The number of rotatable bonds is 6. The molecule has 3 heteroatoms. The van der Waals surface area contributed by atoms with Crippen LogP contribution >= 0.6 is 0 Å². The van der Waals surface area contributed by atoms with E-state index in [2.05, 4.69) is 33.0 Å². The van der Waals surface area contributed by atoms with E-state index in [1.54, 1.807) is 6.07 Å². The van der Waals surface area contributed by atoms with E-state index in [-0.39, 0.29) is 17.5 Å². The van der Waals surface area contributed by atoms with Gasteiger partial charge >= 0.3 is 0 Å². The molecule has 1 aromatic carbocycles. The van der Waals surface area contributed by atoms with Gasteiger partial charge in [-0.05, 0) is 57.9 Å². The molecule has 0 aliphatic carbocycles. The Balaban J connectivity index is 2.67. The lowest BCUT2D eigenvalue weighted by atomic mass is 10.1. The molecule has 0 aliphatic rings. The Hall–Kier alpha value is -1.09. The molecule has 0 heterocycles. The van der Waals surface area contributed by atoms with Crippen LogP contribution in [0.1, 0.15) is 46.1 Å². The van der Waals surface area contributed by atoms with E-state index >= 15 is 0 Å². The van der Waals surface area contributed by atoms with Crippen LogP contribution in [0.3, 0.4) is 0 Å². The lowest BCUT2D eigenvalue weighted by molar-refractivity contribution is 0.173. The molecule has 0 fully saturated rings. The standard InChI is InChI=1S/C16H26FNO/c1-6-7-14(11-18-16(3,4)5)19-15-9-8-13(17)10-12(15)2/h8-10,14,18H,6-7,11H2,1-5H3. The van der Waals surface area contributed by atoms with Crippen molar-refractivity contribution in [2.24, 2.45) is 0 Å². The fourth-order valence-corrected chi connectivity index (χ4v) is 1.87. The maximum absolute atomic E-state index is 13.1. The largest absolute Gasteiger partial charge is 0.489 e. The highest BCUT2D eigenvalue weighted by Gasteiger charge is 2.15. The Labute approximate surface area is 116 Å². The second-order valence-electron chi connectivity index (χ2n) is 6.07. The van der Waals surface area contributed by atoms with E-state index in [1.165, 1.54) is 12.1 Å². The molecule has 1 unspecified atom stereocenters. The van der Waals surface area contributed by atoms with Crippen LogP contribution in [0.4, 0.5) is 4.39 Å². The first-order valence-corrected chi connectivity index (χ1v) is 6.99. The minimum Gasteiger partial charge on any atom is -0.489 e. The van der Waals surface area contributed by atoms with E-state index in [4.69, 9.17) is 4.74 Å². The monoisotopic (exact) mass is 267 g/mol. The summed E-state index contributed by atoms with van der Waals surface area (Å²) in [6.07, 6.45) is 2.17. The van der Waals surface area contributed by atoms with E-state index in [1.807, 2.05) is 6.92 Å². The first-order chi connectivity index (χ1) is 8.81. The molecule has 108 valence electrons. The van der Waals surface area contributed by atoms with E-state index < -0.39 is 0 Å². The van der Waals surface area contributed by atoms with Crippen LogP contribution in [0, 0.1) is 12.7 Å². The van der Waals surface area contributed by atoms with Crippen molar-refractivity contribution in [2.45, 2.75) is 59.1 Å². The van der Waals surface area contributed by atoms with Gasteiger partial charge in [-0.3, -0.25) is 0 Å². The van der Waals surface area contributed by atoms with Crippen molar-refractivity contribution >= 4 is 0 Å². The summed E-state index contributed by atoms with van der Waals surface area (Å²) < 4.78 is 19.1. The van der Waals surface area contributed by atoms with Gasteiger partial charge in [0.2, 0.25) is 0 Å². The minimum atomic E-state index is -0.218. The zero-order valence-corrected chi connectivity index (χ0v) is 12.7. The molecule has 1 atom stereocenters. The first kappa shape index (κ1) is 16.0. The fraction of sp³-hybridized carbons (Fsp3) is 0.625. The van der Waals surface area contributed by atoms with Gasteiger partial charge in [0.25, 0.3) is 0 Å². The van der Waals surface area contributed by atoms with Gasteiger partial charge in [0, 0.05) is 12.1 Å². The van der Waals surface area contributed by atoms with Crippen LogP contribution < -0.4 is 10.1 Å². The number of ether oxygens (including phenoxy) is 1. The predicted octanol–water partition coefficient (Wildman–Crippen LogP) is 4.07. The Bertz CT molecular complexity index is 398. The van der Waals surface area contributed by atoms with Crippen molar-refractivity contribution in [3.8, 4) is 5.75 Å². The Morgan fingerprint density at radius 3 is 2.53 bits per heavy atom. The van der Waals surface area contributed by atoms with Gasteiger partial charge in [0.05, 0.1) is 0 Å². The molecule has 0 aliphatic heterocycles. The molecule has 1 aromatic rings. The molecule has 0 saturated heterocycles. The summed E-state index contributed by atoms with van der Waals surface area (Å²) in [4.78, 5) is 0. The number of nitrogens with one attached hydrogen (secondary N) is 1. The summed E-state index contributed by atoms with van der Waals surface area (Å²) in [5.41, 5.74) is 0.921. The second-order valence-corrected chi connectivity index (χ2v) is 6.07. The maximum atomic E-state index is 13.1. The van der Waals surface area contributed by atoms with Crippen LogP contribution in [0.2, 0.25) is 0 Å². The third kappa shape index (κ3) is 6.06. The molecule has 0 amide bonds. The molecule has 1 N–H and O–H groups in total. The van der Waals surface area contributed by atoms with Crippen molar-refractivity contribution in [1.29, 1.82) is 0 Å². The van der Waals surface area contributed by atoms with Gasteiger partial charge in [-0.25, -0.2) is 4.39 Å². The fourth-order valence-electron chi connectivity index (χ4n) is 1.87. The molecule has 0 saturated carbocycles. The number of aryl methyl sites for hydroxylation is 1. The zero-order chi connectivity index (χ0) is 14.5. The summed E-state index contributed by atoms with van der Waals surface area (Å²) in [5, 5.41) is 3.46. The smallest absolute Gasteiger partial charge is 0.123 e. The summed E-state index contributed by atoms with van der Waals surface area (Å²) in [5.74, 6) is 0.556. The van der Waals surface area contributed by atoms with Crippen molar-refractivity contribution in [1.82, 2.24) is 5.32 Å². The van der Waals surface area contributed by atoms with Crippen molar-refractivity contribution < 1.29 is 9.13 Å². The van der Waals surface area contributed by atoms with Gasteiger partial charge in [0.1, 0.15) is 17.7 Å². The Morgan fingerprint density at radius 1 is 1.32 bits per heavy atom. The second kappa shape index (κ2) is 6.90. The van der Waals surface area contributed by atoms with Crippen LogP contribution in [-0.4, -0.2) is 18.2 Å². The summed E-state index contributed by atoms with van der Waals surface area (Å²) in [6.45, 7) is 11.2. The lowest BCUT2D eigenvalue weighted by Crippen LogP contribution is -2.42. The lowest BCUT2D eigenvalue weighted by Gasteiger charge is -2.26. The summed E-state index contributed by atoms with van der Waals surface area (Å²) >= 11 is 0. The van der Waals surface area contributed by atoms with Crippen LogP contribution in [0.15, 0.2) is 18.2 Å². The summed E-state index contributed by atoms with van der Waals surface area (Å²) in [7, 11) is 0. The van der Waals surface area contributed by atoms with E-state index in [0.717, 1.165) is 30.7 Å². The van der Waals surface area contributed by atoms with Crippen LogP contribution in [0.5, 0.6) is 5.75 Å². The summed E-state index contributed by atoms with van der Waals surface area (Å²) in [6, 6.07) is 4.67. The molecule has 0 radical (unpaired) electrons. The third-order valence-electron chi connectivity index (χ3n) is 2.90. The quantitative estimate of drug-likeness (QED) is 0.839. The normalized spacial score (nSPS) is 13.4. The van der Waals surface area contributed by atoms with Crippen LogP contribution in [0.25, 0.3) is 0 Å². The molecule has 0 spiro atoms. The van der Waals surface area contributed by atoms with Gasteiger partial charge in [-0.15, -0.1) is 0 Å². The van der Waals surface area contributed by atoms with Crippen LogP contribution in [-0.2, 0) is 0 Å². The number of benzene rings is 1. The molecular formula is C16H26FNO. The highest BCUT2D eigenvalue weighted by atomic mass is 19.1. The Morgan fingerprint density at radius 2 is 2.00 bits per heavy atom. The molecule has 0 aromatic heterocycles. The number of halogens is 1. The molecule has 19 heavy (non-hydrogen) atoms. The highest BCUT2D eigenvalue weighted by molar-refractivity contribution is 5.32. The van der Waals surface area contributed by atoms with Gasteiger partial charge in [-0.1, -0.05) is 13.3 Å². The third-order valence-corrected chi connectivity index (χ3v) is 2.90. The molecule has 1 rings (SSSR count). The van der Waals surface area contributed by atoms with Crippen molar-refractivity contribution in [3.05, 3.63) is 29.6 Å². The number of hydrogen-bond acceptors (Lipinski definition) is 2. The Kier molecular flexibility index (Phi) is 5.80. The van der Waals surface area contributed by atoms with Crippen molar-refractivity contribution in [2.75, 3.05) is 6.54 Å². The van der Waals surface area contributed by atoms with E-state index in [9.17, 15) is 4.39 Å². The minimum absolute atomic E-state index is 0.0766. The maximum Gasteiger partial charge on any atom is 0.123 e. The molecular weight excluding hydrogens is 241 g/mol. The van der Waals surface area contributed by atoms with Crippen molar-refractivity contribution in [3.63, 3.8) is 0 Å². The zero-order valence-electron chi connectivity index (χ0n) is 12.7. The average molecular weight is 267 g/mol. The highest BCUT2D eigenvalue weighted by Crippen LogP contribution is 2.21. The van der Waals surface area contributed by atoms with Gasteiger partial charge in [-0.2, -0.15) is 0 Å². The molecule has 0 bridgehead atoms. The average Bonchev–Trinajstić information content (AvgIpc) is 2.28. The molecule has 2 nitrogen and oxygen atoms in total. The van der Waals surface area contributed by atoms with Gasteiger partial charge < -0.3 is 10.1 Å². The number of hydrogen-bond donors (Lipinski definition) is 1. The topological polar surface area (TPSA) is 21.3 Å².